The van der Waals surface area contributed by atoms with E-state index in [0.717, 1.165) is 45.8 Å². The zero-order valence-electron chi connectivity index (χ0n) is 12.7. The summed E-state index contributed by atoms with van der Waals surface area (Å²) in [6.45, 7) is 9.05. The van der Waals surface area contributed by atoms with Gasteiger partial charge in [-0.25, -0.2) is 9.37 Å². The summed E-state index contributed by atoms with van der Waals surface area (Å²) < 4.78 is 19.1. The van der Waals surface area contributed by atoms with E-state index in [9.17, 15) is 4.39 Å². The van der Waals surface area contributed by atoms with Crippen LogP contribution in [0.2, 0.25) is 0 Å². The van der Waals surface area contributed by atoms with Gasteiger partial charge in [-0.1, -0.05) is 6.92 Å². The molecule has 0 aromatic carbocycles. The largest absolute Gasteiger partial charge is 0.379 e. The molecule has 21 heavy (non-hydrogen) atoms. The Morgan fingerprint density at radius 3 is 2.90 bits per heavy atom. The van der Waals surface area contributed by atoms with Crippen molar-refractivity contribution in [3.8, 4) is 0 Å². The van der Waals surface area contributed by atoms with Crippen molar-refractivity contribution in [3.63, 3.8) is 0 Å². The fraction of sp³-hybridized carbons (Fsp3) is 0.714. The molecule has 1 aliphatic heterocycles. The number of hydrogen-bond donors (Lipinski definition) is 2. The second-order valence-corrected chi connectivity index (χ2v) is 5.28. The maximum atomic E-state index is 13.8. The molecule has 2 rings (SSSR count). The highest BCUT2D eigenvalue weighted by atomic mass is 19.1. The van der Waals surface area contributed by atoms with Crippen molar-refractivity contribution in [1.82, 2.24) is 14.9 Å². The van der Waals surface area contributed by atoms with Gasteiger partial charge in [-0.05, 0) is 13.3 Å². The van der Waals surface area contributed by atoms with Crippen molar-refractivity contribution in [2.75, 3.05) is 50.0 Å². The van der Waals surface area contributed by atoms with Crippen molar-refractivity contribution in [1.29, 1.82) is 0 Å². The molecule has 0 aliphatic carbocycles. The van der Waals surface area contributed by atoms with E-state index < -0.39 is 5.82 Å². The third-order valence-corrected chi connectivity index (χ3v) is 3.30. The van der Waals surface area contributed by atoms with Crippen LogP contribution in [0.1, 0.15) is 20.3 Å². The minimum Gasteiger partial charge on any atom is -0.379 e. The molecular formula is C14H24FN5O. The summed E-state index contributed by atoms with van der Waals surface area (Å²) in [6.07, 6.45) is 2.17. The van der Waals surface area contributed by atoms with Crippen LogP contribution >= 0.6 is 0 Å². The Balaban J connectivity index is 1.90. The van der Waals surface area contributed by atoms with Crippen molar-refractivity contribution >= 4 is 11.8 Å². The van der Waals surface area contributed by atoms with E-state index in [-0.39, 0.29) is 11.9 Å². The average molecular weight is 297 g/mol. The number of rotatable bonds is 7. The summed E-state index contributed by atoms with van der Waals surface area (Å²) in [5.41, 5.74) is 0. The lowest BCUT2D eigenvalue weighted by atomic mass is 10.3. The quantitative estimate of drug-likeness (QED) is 0.796. The standard InChI is InChI=1S/C14H24FN5O/c1-3-4-16-14-17-9-12(15)13(19-14)18-11(2)10-20-5-7-21-8-6-20/h9,11H,3-8,10H2,1-2H3,(H2,16,17,18,19). The zero-order valence-corrected chi connectivity index (χ0v) is 12.7. The van der Waals surface area contributed by atoms with Crippen molar-refractivity contribution in [2.45, 2.75) is 26.3 Å². The number of anilines is 2. The molecule has 0 radical (unpaired) electrons. The van der Waals surface area contributed by atoms with Crippen LogP contribution in [0, 0.1) is 5.82 Å². The molecule has 1 fully saturated rings. The van der Waals surface area contributed by atoms with Gasteiger partial charge in [0, 0.05) is 32.2 Å². The SMILES string of the molecule is CCCNc1ncc(F)c(NC(C)CN2CCOCC2)n1. The second kappa shape index (κ2) is 8.09. The Kier molecular flexibility index (Phi) is 6.13. The summed E-state index contributed by atoms with van der Waals surface area (Å²) in [5.74, 6) is 0.287. The molecule has 2 N–H and O–H groups in total. The van der Waals surface area contributed by atoms with Gasteiger partial charge in [0.1, 0.15) is 0 Å². The Labute approximate surface area is 125 Å². The van der Waals surface area contributed by atoms with Gasteiger partial charge in [0.25, 0.3) is 0 Å². The predicted octanol–water partition coefficient (Wildman–Crippen LogP) is 1.57. The smallest absolute Gasteiger partial charge is 0.224 e. The van der Waals surface area contributed by atoms with E-state index in [4.69, 9.17) is 4.74 Å². The Hall–Kier alpha value is -1.47. The molecular weight excluding hydrogens is 273 g/mol. The molecule has 0 amide bonds. The summed E-state index contributed by atoms with van der Waals surface area (Å²) in [7, 11) is 0. The molecule has 0 saturated carbocycles. The van der Waals surface area contributed by atoms with Gasteiger partial charge in [0.05, 0.1) is 19.4 Å². The fourth-order valence-electron chi connectivity index (χ4n) is 2.24. The van der Waals surface area contributed by atoms with Crippen LogP contribution in [0.4, 0.5) is 16.2 Å². The van der Waals surface area contributed by atoms with Crippen LogP contribution in [-0.2, 0) is 4.74 Å². The van der Waals surface area contributed by atoms with Crippen LogP contribution in [0.25, 0.3) is 0 Å². The molecule has 1 aromatic heterocycles. The predicted molar refractivity (Wildman–Crippen MR) is 81.1 cm³/mol. The van der Waals surface area contributed by atoms with E-state index >= 15 is 0 Å². The van der Waals surface area contributed by atoms with Gasteiger partial charge in [-0.15, -0.1) is 0 Å². The van der Waals surface area contributed by atoms with Gasteiger partial charge in [-0.2, -0.15) is 4.98 Å². The Morgan fingerprint density at radius 1 is 1.43 bits per heavy atom. The zero-order chi connectivity index (χ0) is 15.1. The lowest BCUT2D eigenvalue weighted by molar-refractivity contribution is 0.0368. The molecule has 0 spiro atoms. The van der Waals surface area contributed by atoms with Crippen LogP contribution in [0.15, 0.2) is 6.20 Å². The van der Waals surface area contributed by atoms with Crippen molar-refractivity contribution in [2.24, 2.45) is 0 Å². The van der Waals surface area contributed by atoms with E-state index in [0.29, 0.717) is 5.95 Å². The minimum atomic E-state index is -0.425. The first-order valence-electron chi connectivity index (χ1n) is 7.52. The van der Waals surface area contributed by atoms with E-state index in [1.54, 1.807) is 0 Å². The molecule has 0 bridgehead atoms. The van der Waals surface area contributed by atoms with Crippen molar-refractivity contribution < 1.29 is 9.13 Å². The highest BCUT2D eigenvalue weighted by molar-refractivity contribution is 5.41. The van der Waals surface area contributed by atoms with Gasteiger partial charge in [0.2, 0.25) is 5.95 Å². The lowest BCUT2D eigenvalue weighted by Gasteiger charge is -2.29. The maximum Gasteiger partial charge on any atom is 0.224 e. The van der Waals surface area contributed by atoms with Crippen LogP contribution in [0.5, 0.6) is 0 Å². The van der Waals surface area contributed by atoms with E-state index in [2.05, 4.69) is 32.4 Å². The normalized spacial score (nSPS) is 17.5. The molecule has 7 heteroatoms. The Morgan fingerprint density at radius 2 is 2.19 bits per heavy atom. The summed E-state index contributed by atoms with van der Waals surface area (Å²) in [6, 6.07) is 0.103. The molecule has 1 unspecified atom stereocenters. The molecule has 1 aromatic rings. The van der Waals surface area contributed by atoms with E-state index in [1.165, 1.54) is 6.20 Å². The van der Waals surface area contributed by atoms with Gasteiger partial charge >= 0.3 is 0 Å². The molecule has 6 nitrogen and oxygen atoms in total. The Bertz CT molecular complexity index is 439. The number of morpholine rings is 1. The number of aromatic nitrogens is 2. The average Bonchev–Trinajstić information content (AvgIpc) is 2.49. The maximum absolute atomic E-state index is 13.8. The van der Waals surface area contributed by atoms with Gasteiger partial charge < -0.3 is 15.4 Å². The second-order valence-electron chi connectivity index (χ2n) is 5.28. The van der Waals surface area contributed by atoms with Gasteiger partial charge in [-0.3, -0.25) is 4.90 Å². The van der Waals surface area contributed by atoms with Crippen LogP contribution in [0.3, 0.4) is 0 Å². The first-order chi connectivity index (χ1) is 10.2. The number of hydrogen-bond acceptors (Lipinski definition) is 6. The molecule has 1 aliphatic rings. The summed E-state index contributed by atoms with van der Waals surface area (Å²) >= 11 is 0. The third-order valence-electron chi connectivity index (χ3n) is 3.30. The highest BCUT2D eigenvalue weighted by Gasteiger charge is 2.15. The first-order valence-corrected chi connectivity index (χ1v) is 7.52. The minimum absolute atomic E-state index is 0.103. The number of nitrogens with zero attached hydrogens (tertiary/aromatic N) is 3. The number of ether oxygens (including phenoxy) is 1. The molecule has 1 atom stereocenters. The van der Waals surface area contributed by atoms with Crippen molar-refractivity contribution in [3.05, 3.63) is 12.0 Å². The number of nitrogens with one attached hydrogen (secondary N) is 2. The van der Waals surface area contributed by atoms with Crippen LogP contribution in [-0.4, -0.2) is 60.3 Å². The summed E-state index contributed by atoms with van der Waals surface area (Å²) in [5, 5.41) is 6.19. The number of halogens is 1. The lowest BCUT2D eigenvalue weighted by Crippen LogP contribution is -2.42. The fourth-order valence-corrected chi connectivity index (χ4v) is 2.24. The monoisotopic (exact) mass is 297 g/mol. The molecule has 1 saturated heterocycles. The third kappa shape index (κ3) is 5.09. The van der Waals surface area contributed by atoms with E-state index in [1.807, 2.05) is 6.92 Å². The summed E-state index contributed by atoms with van der Waals surface area (Å²) in [4.78, 5) is 10.4. The van der Waals surface area contributed by atoms with Gasteiger partial charge in [0.15, 0.2) is 11.6 Å². The molecule has 118 valence electrons. The molecule has 2 heterocycles. The first kappa shape index (κ1) is 15.9. The topological polar surface area (TPSA) is 62.3 Å². The van der Waals surface area contributed by atoms with Crippen LogP contribution < -0.4 is 10.6 Å². The highest BCUT2D eigenvalue weighted by Crippen LogP contribution is 2.13.